The van der Waals surface area contributed by atoms with Crippen LogP contribution in [0.15, 0.2) is 83.1 Å². The van der Waals surface area contributed by atoms with Crippen LogP contribution in [0, 0.1) is 24.0 Å². The molecule has 0 fully saturated rings. The summed E-state index contributed by atoms with van der Waals surface area (Å²) in [7, 11) is 1.72. The maximum Gasteiger partial charge on any atom is 0.339 e. The molecule has 1 N–H and O–H groups in total. The average Bonchev–Trinajstić information content (AvgIpc) is 3.26. The molecule has 0 saturated carbocycles. The molecule has 0 aliphatic rings. The van der Waals surface area contributed by atoms with Crippen molar-refractivity contribution in [2.75, 3.05) is 5.32 Å². The molecule has 10 nitrogen and oxygen atoms in total. The van der Waals surface area contributed by atoms with Crippen LogP contribution in [-0.4, -0.2) is 31.6 Å². The quantitative estimate of drug-likeness (QED) is 0.196. The van der Waals surface area contributed by atoms with E-state index in [1.165, 1.54) is 18.5 Å². The topological polar surface area (TPSA) is 129 Å². The first-order valence-electron chi connectivity index (χ1n) is 11.2. The van der Waals surface area contributed by atoms with Gasteiger partial charge in [0.15, 0.2) is 5.16 Å². The van der Waals surface area contributed by atoms with E-state index in [9.17, 15) is 19.7 Å². The van der Waals surface area contributed by atoms with Gasteiger partial charge < -0.3 is 14.6 Å². The molecule has 11 heteroatoms. The summed E-state index contributed by atoms with van der Waals surface area (Å²) in [6, 6.07) is 18.2. The van der Waals surface area contributed by atoms with Crippen molar-refractivity contribution in [1.29, 1.82) is 0 Å². The highest BCUT2D eigenvalue weighted by atomic mass is 32.2. The van der Waals surface area contributed by atoms with Crippen molar-refractivity contribution in [2.24, 2.45) is 7.05 Å². The molecular formula is C26H23N5O5S. The molecule has 3 aromatic carbocycles. The van der Waals surface area contributed by atoms with E-state index in [-0.39, 0.29) is 16.1 Å². The summed E-state index contributed by atoms with van der Waals surface area (Å²) in [5.74, 6) is -1.42. The zero-order valence-corrected chi connectivity index (χ0v) is 21.1. The van der Waals surface area contributed by atoms with E-state index in [2.05, 4.69) is 15.5 Å². The lowest BCUT2D eigenvalue weighted by molar-refractivity contribution is -0.387. The number of rotatable bonds is 8. The number of nitro benzene ring substituents is 1. The predicted molar refractivity (Wildman–Crippen MR) is 137 cm³/mol. The smallest absolute Gasteiger partial charge is 0.339 e. The van der Waals surface area contributed by atoms with Crippen LogP contribution in [0.4, 0.5) is 11.4 Å². The van der Waals surface area contributed by atoms with E-state index >= 15 is 0 Å². The van der Waals surface area contributed by atoms with Crippen LogP contribution in [0.25, 0.3) is 0 Å². The van der Waals surface area contributed by atoms with Crippen molar-refractivity contribution < 1.29 is 19.2 Å². The van der Waals surface area contributed by atoms with Crippen molar-refractivity contribution in [3.05, 3.63) is 105 Å². The van der Waals surface area contributed by atoms with Gasteiger partial charge in [-0.25, -0.2) is 4.79 Å². The van der Waals surface area contributed by atoms with Gasteiger partial charge in [-0.15, -0.1) is 10.2 Å². The third-order valence-corrected chi connectivity index (χ3v) is 6.43. The fourth-order valence-electron chi connectivity index (χ4n) is 3.67. The Morgan fingerprint density at radius 3 is 2.38 bits per heavy atom. The Kier molecular flexibility index (Phi) is 7.63. The van der Waals surface area contributed by atoms with Gasteiger partial charge in [0.05, 0.1) is 15.4 Å². The second-order valence-corrected chi connectivity index (χ2v) is 9.34. The summed E-state index contributed by atoms with van der Waals surface area (Å²) in [5, 5.41) is 22.7. The number of benzene rings is 3. The van der Waals surface area contributed by atoms with Crippen LogP contribution < -0.4 is 5.32 Å². The molecule has 1 unspecified atom stereocenters. The van der Waals surface area contributed by atoms with Crippen LogP contribution in [0.2, 0.25) is 0 Å². The molecular weight excluding hydrogens is 494 g/mol. The molecule has 0 radical (unpaired) electrons. The molecule has 0 aliphatic heterocycles. The van der Waals surface area contributed by atoms with Crippen LogP contribution in [0.1, 0.15) is 33.2 Å². The summed E-state index contributed by atoms with van der Waals surface area (Å²) >= 11 is 1.05. The molecule has 4 aromatic rings. The second-order valence-electron chi connectivity index (χ2n) is 8.33. The predicted octanol–water partition coefficient (Wildman–Crippen LogP) is 5.03. The summed E-state index contributed by atoms with van der Waals surface area (Å²) in [6.45, 7) is 3.83. The third kappa shape index (κ3) is 6.19. The summed E-state index contributed by atoms with van der Waals surface area (Å²) in [4.78, 5) is 37.8. The van der Waals surface area contributed by atoms with Gasteiger partial charge in [-0.1, -0.05) is 36.4 Å². The molecule has 1 atom stereocenters. The first-order chi connectivity index (χ1) is 17.7. The molecule has 1 aromatic heterocycles. The molecule has 188 valence electrons. The van der Waals surface area contributed by atoms with Crippen LogP contribution in [0.3, 0.4) is 0 Å². The van der Waals surface area contributed by atoms with Gasteiger partial charge >= 0.3 is 5.97 Å². The fourth-order valence-corrected chi connectivity index (χ4v) is 4.52. The molecule has 4 rings (SSSR count). The third-order valence-electron chi connectivity index (χ3n) is 5.32. The van der Waals surface area contributed by atoms with E-state index in [0.717, 1.165) is 29.0 Å². The Bertz CT molecular complexity index is 1450. The number of carbonyl (C=O) groups is 2. The molecule has 1 amide bonds. The lowest BCUT2D eigenvalue weighted by atomic mass is 10.1. The minimum absolute atomic E-state index is 0.0610. The van der Waals surface area contributed by atoms with Crippen molar-refractivity contribution in [2.45, 2.75) is 30.0 Å². The summed E-state index contributed by atoms with van der Waals surface area (Å²) in [5.41, 5.74) is 2.61. The van der Waals surface area contributed by atoms with Crippen LogP contribution in [-0.2, 0) is 16.6 Å². The molecule has 37 heavy (non-hydrogen) atoms. The fraction of sp³-hybridized carbons (Fsp3) is 0.154. The zero-order valence-electron chi connectivity index (χ0n) is 20.2. The van der Waals surface area contributed by atoms with Gasteiger partial charge in [0.2, 0.25) is 6.10 Å². The maximum absolute atomic E-state index is 13.2. The minimum Gasteiger partial charge on any atom is -0.444 e. The number of aromatic nitrogens is 3. The molecule has 0 bridgehead atoms. The number of ether oxygens (including phenoxy) is 1. The highest BCUT2D eigenvalue weighted by molar-refractivity contribution is 7.99. The number of hydrogen-bond acceptors (Lipinski definition) is 8. The lowest BCUT2D eigenvalue weighted by Crippen LogP contribution is -2.26. The number of nitro groups is 1. The SMILES string of the molecule is Cc1cc(C)cc(NC(=O)C(OC(=O)c2ccc(Sc3nncn3C)c([N+](=O)[O-])c2)c2ccccc2)c1. The molecule has 0 spiro atoms. The zero-order chi connectivity index (χ0) is 26.5. The van der Waals surface area contributed by atoms with Crippen molar-refractivity contribution in [1.82, 2.24) is 14.8 Å². The molecule has 0 saturated heterocycles. The number of amides is 1. The standard InChI is InChI=1S/C26H23N5O5S/c1-16-11-17(2)13-20(12-16)28-24(32)23(18-7-5-4-6-8-18)36-25(33)19-9-10-22(21(14-19)31(34)35)37-26-29-27-15-30(26)3/h4-15,23H,1-3H3,(H,28,32). The van der Waals surface area contributed by atoms with Gasteiger partial charge in [0.1, 0.15) is 6.33 Å². The second kappa shape index (κ2) is 11.0. The number of nitrogens with zero attached hydrogens (tertiary/aromatic N) is 4. The Morgan fingerprint density at radius 1 is 1.05 bits per heavy atom. The van der Waals surface area contributed by atoms with Crippen molar-refractivity contribution in [3.63, 3.8) is 0 Å². The van der Waals surface area contributed by atoms with Crippen molar-refractivity contribution in [3.8, 4) is 0 Å². The highest BCUT2D eigenvalue weighted by Gasteiger charge is 2.28. The normalized spacial score (nSPS) is 11.5. The number of nitrogens with one attached hydrogen (secondary N) is 1. The lowest BCUT2D eigenvalue weighted by Gasteiger charge is -2.18. The van der Waals surface area contributed by atoms with Crippen molar-refractivity contribution >= 4 is 35.0 Å². The highest BCUT2D eigenvalue weighted by Crippen LogP contribution is 2.34. The first-order valence-corrected chi connectivity index (χ1v) is 12.0. The molecule has 1 heterocycles. The summed E-state index contributed by atoms with van der Waals surface area (Å²) < 4.78 is 7.23. The monoisotopic (exact) mass is 517 g/mol. The van der Waals surface area contributed by atoms with Gasteiger partial charge in [0.25, 0.3) is 11.6 Å². The van der Waals surface area contributed by atoms with E-state index in [1.807, 2.05) is 32.0 Å². The van der Waals surface area contributed by atoms with Gasteiger partial charge in [0, 0.05) is 24.4 Å². The number of esters is 1. The number of carbonyl (C=O) groups excluding carboxylic acids is 2. The maximum atomic E-state index is 13.2. The number of hydrogen-bond donors (Lipinski definition) is 1. The van der Waals surface area contributed by atoms with Gasteiger partial charge in [-0.05, 0) is 61.0 Å². The van der Waals surface area contributed by atoms with Gasteiger partial charge in [-0.3, -0.25) is 14.9 Å². The van der Waals surface area contributed by atoms with E-state index in [0.29, 0.717) is 16.4 Å². The summed E-state index contributed by atoms with van der Waals surface area (Å²) in [6.07, 6.45) is 0.202. The Labute approximate surface area is 216 Å². The largest absolute Gasteiger partial charge is 0.444 e. The van der Waals surface area contributed by atoms with Crippen LogP contribution >= 0.6 is 11.8 Å². The average molecular weight is 518 g/mol. The number of aryl methyl sites for hydroxylation is 3. The Balaban J connectivity index is 1.60. The number of anilines is 1. The van der Waals surface area contributed by atoms with Gasteiger partial charge in [-0.2, -0.15) is 0 Å². The minimum atomic E-state index is -1.28. The van der Waals surface area contributed by atoms with E-state index in [1.54, 1.807) is 41.9 Å². The molecule has 0 aliphatic carbocycles. The first kappa shape index (κ1) is 25.6. The van der Waals surface area contributed by atoms with Crippen LogP contribution in [0.5, 0.6) is 0 Å². The Hall–Kier alpha value is -4.51. The van der Waals surface area contributed by atoms with E-state index in [4.69, 9.17) is 4.74 Å². The Morgan fingerprint density at radius 2 is 1.76 bits per heavy atom. The van der Waals surface area contributed by atoms with E-state index < -0.39 is 22.9 Å².